The first-order valence-electron chi connectivity index (χ1n) is 15.2. The molecule has 1 saturated heterocycles. The van der Waals surface area contributed by atoms with Crippen LogP contribution in [0.25, 0.3) is 0 Å². The molecule has 3 heterocycles. The number of carbonyl (C=O) groups excluding carboxylic acids is 3. The van der Waals surface area contributed by atoms with E-state index in [0.717, 1.165) is 30.6 Å². The minimum absolute atomic E-state index is 0.0423. The lowest BCUT2D eigenvalue weighted by Crippen LogP contribution is -2.61. The number of sulfonamides is 1. The van der Waals surface area contributed by atoms with Gasteiger partial charge in [0, 0.05) is 30.6 Å². The summed E-state index contributed by atoms with van der Waals surface area (Å²) in [6.07, 6.45) is 1.30. The topological polar surface area (TPSA) is 180 Å². The summed E-state index contributed by atoms with van der Waals surface area (Å²) in [5.74, 6) is -3.40. The number of rotatable bonds is 9. The molecule has 2 saturated carbocycles. The van der Waals surface area contributed by atoms with Crippen LogP contribution in [-0.2, 0) is 54.3 Å². The second-order valence-electron chi connectivity index (χ2n) is 12.3. The van der Waals surface area contributed by atoms with E-state index in [9.17, 15) is 35.6 Å². The van der Waals surface area contributed by atoms with Crippen LogP contribution < -0.4 is 14.8 Å². The minimum Gasteiger partial charge on any atom is -0.444 e. The summed E-state index contributed by atoms with van der Waals surface area (Å²) >= 11 is 0.941. The number of carbonyl (C=O) groups is 3. The van der Waals surface area contributed by atoms with Gasteiger partial charge in [0.2, 0.25) is 5.91 Å². The average Bonchev–Trinajstić information content (AvgIpc) is 3.78. The Balaban J connectivity index is 1.08. The fraction of sp³-hybridized carbons (Fsp3) is 0.355. The van der Waals surface area contributed by atoms with E-state index in [0.29, 0.717) is 11.1 Å². The predicted molar refractivity (Wildman–Crippen MR) is 172 cm³/mol. The van der Waals surface area contributed by atoms with Crippen LogP contribution in [0.15, 0.2) is 69.3 Å². The van der Waals surface area contributed by atoms with Gasteiger partial charge in [0.25, 0.3) is 10.0 Å². The van der Waals surface area contributed by atoms with Crippen molar-refractivity contribution in [3.05, 3.63) is 82.5 Å². The van der Waals surface area contributed by atoms with Crippen LogP contribution in [0.1, 0.15) is 36.0 Å². The minimum atomic E-state index is -4.49. The highest BCUT2D eigenvalue weighted by molar-refractivity contribution is 7.91. The summed E-state index contributed by atoms with van der Waals surface area (Å²) in [7, 11) is -8.95. The summed E-state index contributed by atoms with van der Waals surface area (Å²) in [5, 5.41) is 4.36. The van der Waals surface area contributed by atoms with E-state index < -0.39 is 56.4 Å². The Hall–Kier alpha value is -4.19. The molecule has 5 atom stereocenters. The molecule has 2 aliphatic heterocycles. The number of Topliss-reactive ketones (excluding diaryl/α,β-unsaturated/α-hetero) is 1. The molecular weight excluding hydrogens is 686 g/mol. The fourth-order valence-electron chi connectivity index (χ4n) is 7.34. The number of halogens is 1. The number of thiophene rings is 1. The van der Waals surface area contributed by atoms with E-state index in [1.807, 2.05) is 0 Å². The largest absolute Gasteiger partial charge is 0.444 e. The van der Waals surface area contributed by atoms with Crippen LogP contribution in [0.4, 0.5) is 14.2 Å². The Labute approximate surface area is 279 Å². The van der Waals surface area contributed by atoms with Gasteiger partial charge in [-0.15, -0.1) is 15.7 Å². The molecule has 3 aromatic rings. The van der Waals surface area contributed by atoms with Gasteiger partial charge in [-0.2, -0.15) is 21.6 Å². The number of ether oxygens (including phenoxy) is 1. The number of hydrogen-bond donors (Lipinski definition) is 3. The van der Waals surface area contributed by atoms with Crippen molar-refractivity contribution in [3.8, 4) is 0 Å². The maximum absolute atomic E-state index is 14.1. The smallest absolute Gasteiger partial charge is 0.422 e. The highest BCUT2D eigenvalue weighted by Gasteiger charge is 2.60. The number of hydrogen-bond acceptors (Lipinski definition) is 10. The van der Waals surface area contributed by atoms with Crippen LogP contribution >= 0.6 is 11.3 Å². The van der Waals surface area contributed by atoms with Crippen LogP contribution in [0.2, 0.25) is 0 Å². The summed E-state index contributed by atoms with van der Waals surface area (Å²) < 4.78 is 78.4. The SMILES string of the molecule is O=C(NS(=O)(=O)NCc1csc2c1S(=O)(=O)N=C(C1C(=O)C3C([C@@H]4CC[C@H]3C4)N(Cc3ccc(F)cc3)C1=O)N2)OCc1ccccc1. The number of amidine groups is 1. The van der Waals surface area contributed by atoms with Crippen molar-refractivity contribution in [2.24, 2.45) is 28.1 Å². The van der Waals surface area contributed by atoms with Crippen molar-refractivity contribution in [1.82, 2.24) is 14.3 Å². The molecule has 48 heavy (non-hydrogen) atoms. The third-order valence-electron chi connectivity index (χ3n) is 9.33. The molecule has 4 aliphatic rings. The zero-order valence-corrected chi connectivity index (χ0v) is 27.6. The molecule has 252 valence electrons. The fourth-order valence-corrected chi connectivity index (χ4v) is 10.7. The van der Waals surface area contributed by atoms with Crippen LogP contribution in [0, 0.1) is 29.5 Å². The third kappa shape index (κ3) is 6.10. The number of amides is 2. The van der Waals surface area contributed by atoms with Gasteiger partial charge in [-0.25, -0.2) is 13.9 Å². The van der Waals surface area contributed by atoms with Gasteiger partial charge in [-0.3, -0.25) is 9.59 Å². The third-order valence-corrected chi connectivity index (χ3v) is 12.8. The molecule has 2 bridgehead atoms. The first-order chi connectivity index (χ1) is 22.9. The van der Waals surface area contributed by atoms with Crippen molar-refractivity contribution in [3.63, 3.8) is 0 Å². The van der Waals surface area contributed by atoms with Crippen LogP contribution in [0.3, 0.4) is 0 Å². The van der Waals surface area contributed by atoms with Gasteiger partial charge in [0.1, 0.15) is 28.2 Å². The van der Waals surface area contributed by atoms with Gasteiger partial charge >= 0.3 is 16.3 Å². The second kappa shape index (κ2) is 12.4. The number of nitrogens with one attached hydrogen (secondary N) is 3. The Morgan fingerprint density at radius 1 is 1.06 bits per heavy atom. The van der Waals surface area contributed by atoms with Crippen LogP contribution in [0.5, 0.6) is 0 Å². The monoisotopic (exact) mass is 715 g/mol. The lowest BCUT2D eigenvalue weighted by Gasteiger charge is -2.45. The number of ketones is 1. The van der Waals surface area contributed by atoms with Crippen molar-refractivity contribution >= 4 is 60.2 Å². The number of fused-ring (bicyclic) bond motifs is 6. The molecule has 3 N–H and O–H groups in total. The molecule has 1 aromatic heterocycles. The van der Waals surface area contributed by atoms with E-state index in [-0.39, 0.29) is 58.1 Å². The summed E-state index contributed by atoms with van der Waals surface area (Å²) in [6, 6.07) is 14.1. The van der Waals surface area contributed by atoms with E-state index in [4.69, 9.17) is 4.74 Å². The quantitative estimate of drug-likeness (QED) is 0.280. The van der Waals surface area contributed by atoms with E-state index in [1.54, 1.807) is 52.1 Å². The molecule has 3 unspecified atom stereocenters. The van der Waals surface area contributed by atoms with E-state index in [1.165, 1.54) is 17.5 Å². The number of piperidine rings is 1. The Bertz CT molecular complexity index is 2040. The number of nitrogens with zero attached hydrogens (tertiary/aromatic N) is 2. The normalized spacial score (nSPS) is 25.6. The van der Waals surface area contributed by atoms with Gasteiger partial charge < -0.3 is 15.0 Å². The molecule has 7 rings (SSSR count). The zero-order chi connectivity index (χ0) is 33.8. The maximum atomic E-state index is 14.1. The molecule has 0 radical (unpaired) electrons. The highest BCUT2D eigenvalue weighted by atomic mass is 32.2. The molecule has 13 nitrogen and oxygen atoms in total. The molecule has 2 aliphatic carbocycles. The van der Waals surface area contributed by atoms with E-state index in [2.05, 4.69) is 14.4 Å². The lowest BCUT2D eigenvalue weighted by atomic mass is 9.73. The summed E-state index contributed by atoms with van der Waals surface area (Å²) in [6.45, 7) is -0.544. The van der Waals surface area contributed by atoms with Crippen molar-refractivity contribution in [2.75, 3.05) is 5.32 Å². The molecule has 2 amide bonds. The summed E-state index contributed by atoms with van der Waals surface area (Å²) in [5.41, 5.74) is 1.37. The molecular formula is C31H30FN5O8S3. The van der Waals surface area contributed by atoms with Crippen molar-refractivity contribution < 1.29 is 40.3 Å². The van der Waals surface area contributed by atoms with Gasteiger partial charge in [-0.1, -0.05) is 42.5 Å². The Kier molecular flexibility index (Phi) is 8.33. The first kappa shape index (κ1) is 32.4. The van der Waals surface area contributed by atoms with Crippen molar-refractivity contribution in [2.45, 2.75) is 49.9 Å². The Morgan fingerprint density at radius 3 is 2.54 bits per heavy atom. The van der Waals surface area contributed by atoms with Gasteiger partial charge in [0.15, 0.2) is 11.7 Å². The van der Waals surface area contributed by atoms with Gasteiger partial charge in [0.05, 0.1) is 0 Å². The number of benzene rings is 2. The standard InChI is InChI=1S/C31H30FN5O8S3/c32-22-10-6-17(7-11-22)14-37-25-20-9-8-19(12-20)23(25)26(38)24(30(37)39)28-34-29-27(47(41,42)35-28)21(16-46-29)13-33-48(43,44)36-31(40)45-15-18-4-2-1-3-5-18/h1-7,10-11,16,19-20,23-25,33H,8-9,12-15H2,(H,34,35)(H,36,40)/t19-,20+,23?,24?,25?/m0/s1. The maximum Gasteiger partial charge on any atom is 0.422 e. The molecule has 2 aromatic carbocycles. The summed E-state index contributed by atoms with van der Waals surface area (Å²) in [4.78, 5) is 41.5. The van der Waals surface area contributed by atoms with E-state index >= 15 is 0 Å². The average molecular weight is 716 g/mol. The molecule has 17 heteroatoms. The molecule has 3 fully saturated rings. The van der Waals surface area contributed by atoms with Gasteiger partial charge in [-0.05, 0) is 59.7 Å². The highest BCUT2D eigenvalue weighted by Crippen LogP contribution is 2.54. The lowest BCUT2D eigenvalue weighted by molar-refractivity contribution is -0.153. The van der Waals surface area contributed by atoms with Crippen LogP contribution in [-0.4, -0.2) is 51.4 Å². The second-order valence-corrected chi connectivity index (χ2v) is 16.2. The zero-order valence-electron chi connectivity index (χ0n) is 25.2. The Morgan fingerprint density at radius 2 is 1.79 bits per heavy atom. The first-order valence-corrected chi connectivity index (χ1v) is 19.0. The predicted octanol–water partition coefficient (Wildman–Crippen LogP) is 3.30. The number of likely N-dealkylation sites (tertiary alicyclic amines) is 1. The number of anilines is 1. The molecule has 0 spiro atoms. The van der Waals surface area contributed by atoms with Crippen molar-refractivity contribution in [1.29, 1.82) is 0 Å².